The van der Waals surface area contributed by atoms with Gasteiger partial charge in [-0.15, -0.1) is 0 Å². The van der Waals surface area contributed by atoms with E-state index in [-0.39, 0.29) is 11.8 Å². The molecule has 2 N–H and O–H groups in total. The van der Waals surface area contributed by atoms with Crippen LogP contribution < -0.4 is 5.32 Å². The molecule has 0 unspecified atom stereocenters. The van der Waals surface area contributed by atoms with Crippen molar-refractivity contribution in [1.29, 1.82) is 0 Å². The first kappa shape index (κ1) is 18.8. The van der Waals surface area contributed by atoms with Crippen molar-refractivity contribution >= 4 is 22.6 Å². The summed E-state index contributed by atoms with van der Waals surface area (Å²) in [6.45, 7) is 4.06. The molecule has 0 aliphatic heterocycles. The van der Waals surface area contributed by atoms with Gasteiger partial charge in [-0.1, -0.05) is 19.9 Å². The Labute approximate surface area is 178 Å². The van der Waals surface area contributed by atoms with Crippen LogP contribution in [0, 0.1) is 0 Å². The second-order valence-corrected chi connectivity index (χ2v) is 7.45. The lowest BCUT2D eigenvalue weighted by molar-refractivity contribution is 0.102. The van der Waals surface area contributed by atoms with E-state index in [9.17, 15) is 4.79 Å². The van der Waals surface area contributed by atoms with Crippen LogP contribution in [0.25, 0.3) is 28.4 Å². The van der Waals surface area contributed by atoms with E-state index in [0.717, 1.165) is 16.7 Å². The zero-order valence-corrected chi connectivity index (χ0v) is 17.0. The summed E-state index contributed by atoms with van der Waals surface area (Å²) in [6.07, 6.45) is 4.89. The number of imidazole rings is 1. The fourth-order valence-corrected chi connectivity index (χ4v) is 3.57. The highest BCUT2D eigenvalue weighted by molar-refractivity contribution is 6.05. The molecule has 0 saturated heterocycles. The topological polar surface area (TPSA) is 102 Å². The standard InChI is InChI=1S/C23H20N6O2/c1-14(2)21-16(13-25-29(21)20-7-3-4-10-24-20)23(30)26-15-8-9-17-18(12-15)28-22(27-17)19-6-5-11-31-19/h3-14H,1-2H3,(H,26,30)(H,27,28). The number of carbonyl (C=O) groups is 1. The molecule has 5 aromatic rings. The Hall–Kier alpha value is -4.20. The third-order valence-corrected chi connectivity index (χ3v) is 4.96. The Bertz CT molecular complexity index is 1350. The number of amides is 1. The van der Waals surface area contributed by atoms with E-state index >= 15 is 0 Å². The van der Waals surface area contributed by atoms with Gasteiger partial charge in [-0.3, -0.25) is 4.79 Å². The van der Waals surface area contributed by atoms with Gasteiger partial charge in [0.1, 0.15) is 0 Å². The summed E-state index contributed by atoms with van der Waals surface area (Å²) in [7, 11) is 0. The minimum Gasteiger partial charge on any atom is -0.461 e. The Kier molecular flexibility index (Phi) is 4.59. The van der Waals surface area contributed by atoms with Crippen LogP contribution in [0.4, 0.5) is 5.69 Å². The molecule has 31 heavy (non-hydrogen) atoms. The molecule has 0 aliphatic rings. The molecule has 0 atom stereocenters. The number of aromatic nitrogens is 5. The number of aromatic amines is 1. The van der Waals surface area contributed by atoms with Crippen molar-refractivity contribution in [2.24, 2.45) is 0 Å². The quantitative estimate of drug-likeness (QED) is 0.433. The first-order chi connectivity index (χ1) is 15.1. The molecule has 154 valence electrons. The van der Waals surface area contributed by atoms with Gasteiger partial charge in [0.15, 0.2) is 17.4 Å². The van der Waals surface area contributed by atoms with Crippen LogP contribution in [0.5, 0.6) is 0 Å². The van der Waals surface area contributed by atoms with Gasteiger partial charge in [-0.05, 0) is 48.4 Å². The number of carbonyl (C=O) groups excluding carboxylic acids is 1. The fraction of sp³-hybridized carbons (Fsp3) is 0.130. The molecule has 8 nitrogen and oxygen atoms in total. The summed E-state index contributed by atoms with van der Waals surface area (Å²) in [5.74, 6) is 1.83. The number of pyridine rings is 1. The summed E-state index contributed by atoms with van der Waals surface area (Å²) in [4.78, 5) is 25.2. The normalized spacial score (nSPS) is 11.3. The number of nitrogens with one attached hydrogen (secondary N) is 2. The van der Waals surface area contributed by atoms with E-state index in [1.165, 1.54) is 0 Å². The second kappa shape index (κ2) is 7.56. The molecule has 0 aliphatic carbocycles. The van der Waals surface area contributed by atoms with Crippen molar-refractivity contribution in [3.8, 4) is 17.4 Å². The molecule has 1 amide bonds. The number of H-pyrrole nitrogens is 1. The van der Waals surface area contributed by atoms with Crippen molar-refractivity contribution in [1.82, 2.24) is 24.7 Å². The molecule has 4 aromatic heterocycles. The molecule has 0 radical (unpaired) electrons. The highest BCUT2D eigenvalue weighted by Crippen LogP contribution is 2.25. The number of hydrogen-bond donors (Lipinski definition) is 2. The van der Waals surface area contributed by atoms with Crippen LogP contribution in [0.15, 0.2) is 71.6 Å². The number of benzene rings is 1. The Morgan fingerprint density at radius 2 is 2.06 bits per heavy atom. The monoisotopic (exact) mass is 412 g/mol. The first-order valence-corrected chi connectivity index (χ1v) is 9.94. The molecule has 0 bridgehead atoms. The molecule has 1 aromatic carbocycles. The lowest BCUT2D eigenvalue weighted by atomic mass is 10.1. The van der Waals surface area contributed by atoms with Gasteiger partial charge in [0.2, 0.25) is 0 Å². The Morgan fingerprint density at radius 3 is 2.81 bits per heavy atom. The van der Waals surface area contributed by atoms with Crippen LogP contribution in [0.1, 0.15) is 35.8 Å². The van der Waals surface area contributed by atoms with E-state index in [0.29, 0.717) is 28.7 Å². The van der Waals surface area contributed by atoms with Gasteiger partial charge in [0.05, 0.1) is 34.8 Å². The molecule has 5 rings (SSSR count). The molecular weight excluding hydrogens is 392 g/mol. The van der Waals surface area contributed by atoms with Gasteiger partial charge in [-0.25, -0.2) is 14.6 Å². The largest absolute Gasteiger partial charge is 0.461 e. The molecule has 0 fully saturated rings. The highest BCUT2D eigenvalue weighted by Gasteiger charge is 2.21. The van der Waals surface area contributed by atoms with E-state index < -0.39 is 0 Å². The number of anilines is 1. The molecule has 0 saturated carbocycles. The van der Waals surface area contributed by atoms with Crippen molar-refractivity contribution in [2.45, 2.75) is 19.8 Å². The summed E-state index contributed by atoms with van der Waals surface area (Å²) in [5, 5.41) is 7.39. The van der Waals surface area contributed by atoms with Gasteiger partial charge >= 0.3 is 0 Å². The van der Waals surface area contributed by atoms with Crippen LogP contribution in [0.3, 0.4) is 0 Å². The molecule has 8 heteroatoms. The fourth-order valence-electron chi connectivity index (χ4n) is 3.57. The smallest absolute Gasteiger partial charge is 0.259 e. The van der Waals surface area contributed by atoms with E-state index in [2.05, 4.69) is 25.4 Å². The van der Waals surface area contributed by atoms with Crippen LogP contribution in [-0.2, 0) is 0 Å². The van der Waals surface area contributed by atoms with Crippen molar-refractivity contribution in [3.05, 3.63) is 78.4 Å². The SMILES string of the molecule is CC(C)c1c(C(=O)Nc2ccc3nc(-c4ccco4)[nH]c3c2)cnn1-c1ccccn1. The summed E-state index contributed by atoms with van der Waals surface area (Å²) < 4.78 is 7.11. The van der Waals surface area contributed by atoms with Crippen LogP contribution >= 0.6 is 0 Å². The Morgan fingerprint density at radius 1 is 1.16 bits per heavy atom. The highest BCUT2D eigenvalue weighted by atomic mass is 16.3. The maximum atomic E-state index is 13.1. The maximum Gasteiger partial charge on any atom is 0.259 e. The first-order valence-electron chi connectivity index (χ1n) is 9.94. The Balaban J connectivity index is 1.45. The summed E-state index contributed by atoms with van der Waals surface area (Å²) >= 11 is 0. The third kappa shape index (κ3) is 3.48. The van der Waals surface area contributed by atoms with Gasteiger partial charge in [-0.2, -0.15) is 5.10 Å². The lowest BCUT2D eigenvalue weighted by Crippen LogP contribution is -2.15. The minimum absolute atomic E-state index is 0.0798. The van der Waals surface area contributed by atoms with Gasteiger partial charge in [0, 0.05) is 11.9 Å². The lowest BCUT2D eigenvalue weighted by Gasteiger charge is -2.12. The van der Waals surface area contributed by atoms with Crippen LogP contribution in [-0.4, -0.2) is 30.6 Å². The average Bonchev–Trinajstić information content (AvgIpc) is 3.52. The number of hydrogen-bond acceptors (Lipinski definition) is 5. The minimum atomic E-state index is -0.226. The maximum absolute atomic E-state index is 13.1. The number of fused-ring (bicyclic) bond motifs is 1. The third-order valence-electron chi connectivity index (χ3n) is 4.96. The summed E-state index contributed by atoms with van der Waals surface area (Å²) in [6, 6.07) is 14.8. The average molecular weight is 412 g/mol. The van der Waals surface area contributed by atoms with Crippen molar-refractivity contribution in [3.63, 3.8) is 0 Å². The van der Waals surface area contributed by atoms with Gasteiger partial charge < -0.3 is 14.7 Å². The van der Waals surface area contributed by atoms with E-state index in [1.807, 2.05) is 62.4 Å². The van der Waals surface area contributed by atoms with E-state index in [1.54, 1.807) is 23.3 Å². The molecule has 0 spiro atoms. The number of furan rings is 1. The zero-order chi connectivity index (χ0) is 21.4. The van der Waals surface area contributed by atoms with E-state index in [4.69, 9.17) is 4.42 Å². The zero-order valence-electron chi connectivity index (χ0n) is 17.0. The number of rotatable bonds is 5. The van der Waals surface area contributed by atoms with Gasteiger partial charge in [0.25, 0.3) is 5.91 Å². The van der Waals surface area contributed by atoms with Crippen molar-refractivity contribution < 1.29 is 9.21 Å². The summed E-state index contributed by atoms with van der Waals surface area (Å²) in [5.41, 5.74) is 3.57. The van der Waals surface area contributed by atoms with Crippen LogP contribution in [0.2, 0.25) is 0 Å². The number of nitrogens with zero attached hydrogens (tertiary/aromatic N) is 4. The van der Waals surface area contributed by atoms with Crippen molar-refractivity contribution in [2.75, 3.05) is 5.32 Å². The second-order valence-electron chi connectivity index (χ2n) is 7.45. The predicted molar refractivity (Wildman–Crippen MR) is 117 cm³/mol. The molecule has 4 heterocycles. The molecular formula is C23H20N6O2. The predicted octanol–water partition coefficient (Wildman–Crippen LogP) is 4.78.